The molecule has 46 heavy (non-hydrogen) atoms. The molecule has 6 aromatic rings. The summed E-state index contributed by atoms with van der Waals surface area (Å²) in [4.78, 5) is 14.6. The summed E-state index contributed by atoms with van der Waals surface area (Å²) in [5.41, 5.74) is 8.45. The first-order valence-corrected chi connectivity index (χ1v) is 17.7. The SMILES string of the molecule is BrCCCOc1ccc(C2=c3ccc([nH]3)=Cc3ccc([nH]3)C(c3ccc(OCCCBr)cc3)=c3ccc([nH]3)=Cc3ccc2[nH]3)cc1. The van der Waals surface area contributed by atoms with Crippen molar-refractivity contribution in [2.75, 3.05) is 23.9 Å². The number of H-pyrrole nitrogens is 4. The number of halogens is 2. The molecule has 0 saturated heterocycles. The molecule has 0 spiro atoms. The molecule has 0 amide bonds. The molecule has 0 atom stereocenters. The van der Waals surface area contributed by atoms with Gasteiger partial charge >= 0.3 is 0 Å². The van der Waals surface area contributed by atoms with Crippen LogP contribution >= 0.6 is 31.9 Å². The number of hydrogen-bond donors (Lipinski definition) is 4. The summed E-state index contributed by atoms with van der Waals surface area (Å²) in [6.45, 7) is 1.37. The largest absolute Gasteiger partial charge is 0.494 e. The van der Waals surface area contributed by atoms with Gasteiger partial charge < -0.3 is 29.4 Å². The predicted octanol–water partition coefficient (Wildman–Crippen LogP) is 5.79. The van der Waals surface area contributed by atoms with E-state index in [1.54, 1.807) is 0 Å². The topological polar surface area (TPSA) is 81.6 Å². The van der Waals surface area contributed by atoms with E-state index in [9.17, 15) is 0 Å². The second-order valence-electron chi connectivity index (χ2n) is 11.2. The van der Waals surface area contributed by atoms with Gasteiger partial charge in [0.15, 0.2) is 0 Å². The van der Waals surface area contributed by atoms with Crippen LogP contribution in [-0.2, 0) is 0 Å². The fraction of sp³-hybridized carbons (Fsp3) is 0.158. The van der Waals surface area contributed by atoms with Gasteiger partial charge in [-0.25, -0.2) is 0 Å². The van der Waals surface area contributed by atoms with Gasteiger partial charge in [0.1, 0.15) is 11.5 Å². The van der Waals surface area contributed by atoms with Gasteiger partial charge in [-0.05, 0) is 109 Å². The molecule has 232 valence electrons. The zero-order valence-electron chi connectivity index (χ0n) is 25.2. The van der Waals surface area contributed by atoms with Crippen molar-refractivity contribution in [3.63, 3.8) is 0 Å². The molecule has 0 unspecified atom stereocenters. The molecule has 7 rings (SSSR count). The zero-order chi connectivity index (χ0) is 31.3. The minimum atomic E-state index is 0.687. The van der Waals surface area contributed by atoms with E-state index in [1.165, 1.54) is 0 Å². The number of benzene rings is 2. The van der Waals surface area contributed by atoms with Crippen molar-refractivity contribution in [3.05, 3.63) is 152 Å². The summed E-state index contributed by atoms with van der Waals surface area (Å²) >= 11 is 6.94. The van der Waals surface area contributed by atoms with Crippen LogP contribution in [0.15, 0.2) is 97.1 Å². The minimum Gasteiger partial charge on any atom is -0.494 e. The fourth-order valence-electron chi connectivity index (χ4n) is 5.74. The summed E-state index contributed by atoms with van der Waals surface area (Å²) in [7, 11) is 0. The monoisotopic (exact) mass is 736 g/mol. The maximum Gasteiger partial charge on any atom is 0.119 e. The smallest absolute Gasteiger partial charge is 0.119 e. The van der Waals surface area contributed by atoms with Gasteiger partial charge in [-0.2, -0.15) is 0 Å². The Balaban J connectivity index is 1.34. The maximum absolute atomic E-state index is 5.91. The van der Waals surface area contributed by atoms with E-state index in [1.807, 2.05) is 24.3 Å². The third-order valence-electron chi connectivity index (χ3n) is 7.91. The summed E-state index contributed by atoms with van der Waals surface area (Å²) in [5.74, 6) is 1.74. The van der Waals surface area contributed by atoms with Crippen LogP contribution in [0.25, 0.3) is 23.3 Å². The van der Waals surface area contributed by atoms with Gasteiger partial charge in [0, 0.05) is 66.0 Å². The molecular weight excluding hydrogens is 704 g/mol. The summed E-state index contributed by atoms with van der Waals surface area (Å²) in [6, 6.07) is 33.7. The highest BCUT2D eigenvalue weighted by Crippen LogP contribution is 2.25. The average Bonchev–Trinajstić information content (AvgIpc) is 3.90. The van der Waals surface area contributed by atoms with E-state index >= 15 is 0 Å². The molecule has 1 aliphatic heterocycles. The third kappa shape index (κ3) is 6.73. The van der Waals surface area contributed by atoms with Crippen LogP contribution in [0.1, 0.15) is 46.7 Å². The maximum atomic E-state index is 5.91. The van der Waals surface area contributed by atoms with Gasteiger partial charge in [0.05, 0.1) is 13.2 Å². The molecule has 0 fully saturated rings. The van der Waals surface area contributed by atoms with Crippen LogP contribution in [0.5, 0.6) is 11.5 Å². The fourth-order valence-corrected chi connectivity index (χ4v) is 6.20. The van der Waals surface area contributed by atoms with Crippen molar-refractivity contribution in [1.29, 1.82) is 0 Å². The molecule has 5 heterocycles. The number of hydrogen-bond acceptors (Lipinski definition) is 2. The number of ether oxygens (including phenoxy) is 2. The number of aromatic amines is 4. The van der Waals surface area contributed by atoms with Crippen molar-refractivity contribution in [1.82, 2.24) is 19.9 Å². The lowest BCUT2D eigenvalue weighted by atomic mass is 10.0. The molecular formula is C38H34Br2N4O2. The molecule has 4 N–H and O–H groups in total. The highest BCUT2D eigenvalue weighted by molar-refractivity contribution is 9.09. The molecule has 4 aromatic heterocycles. The van der Waals surface area contributed by atoms with Gasteiger partial charge in [-0.1, -0.05) is 56.1 Å². The van der Waals surface area contributed by atoms with Crippen LogP contribution in [0.3, 0.4) is 0 Å². The lowest BCUT2D eigenvalue weighted by molar-refractivity contribution is 0.319. The number of nitrogens with one attached hydrogen (secondary N) is 4. The van der Waals surface area contributed by atoms with Crippen molar-refractivity contribution in [2.24, 2.45) is 0 Å². The summed E-state index contributed by atoms with van der Waals surface area (Å²) < 4.78 is 11.8. The van der Waals surface area contributed by atoms with E-state index in [0.717, 1.165) is 101 Å². The van der Waals surface area contributed by atoms with E-state index < -0.39 is 0 Å². The van der Waals surface area contributed by atoms with Gasteiger partial charge in [-0.3, -0.25) is 0 Å². The lowest BCUT2D eigenvalue weighted by Gasteiger charge is -2.09. The van der Waals surface area contributed by atoms with Gasteiger partial charge in [-0.15, -0.1) is 0 Å². The van der Waals surface area contributed by atoms with Crippen LogP contribution in [0.2, 0.25) is 0 Å². The van der Waals surface area contributed by atoms with E-state index in [4.69, 9.17) is 9.47 Å². The number of fused-ring (bicyclic) bond motifs is 8. The standard InChI is InChI=1S/C38H34Br2N4O2/c39-19-1-21-45-31-11-3-25(4-12-31)37-33-15-7-27(41-33)23-29-9-17-35(43-29)38(26-5-13-32(14-6-26)46-22-2-20-40)36-18-10-30(44-36)24-28-8-16-34(37)42-28/h3-18,23-24,41-44H,1-2,19-22H2. The quantitative estimate of drug-likeness (QED) is 0.106. The van der Waals surface area contributed by atoms with Gasteiger partial charge in [0.2, 0.25) is 0 Å². The molecule has 8 bridgehead atoms. The Kier molecular flexibility index (Phi) is 9.17. The Morgan fingerprint density at radius 3 is 1.30 bits per heavy atom. The molecule has 6 nitrogen and oxygen atoms in total. The van der Waals surface area contributed by atoms with E-state index in [0.29, 0.717) is 13.2 Å². The average molecular weight is 739 g/mol. The van der Waals surface area contributed by atoms with Crippen LogP contribution in [-0.4, -0.2) is 43.8 Å². The zero-order valence-corrected chi connectivity index (χ0v) is 28.4. The lowest BCUT2D eigenvalue weighted by Crippen LogP contribution is -2.15. The summed E-state index contributed by atoms with van der Waals surface area (Å²) in [6.07, 6.45) is 6.22. The molecule has 0 radical (unpaired) electrons. The first kappa shape index (κ1) is 30.3. The molecule has 1 aliphatic rings. The Morgan fingerprint density at radius 2 is 0.891 bits per heavy atom. The van der Waals surface area contributed by atoms with Gasteiger partial charge in [0.25, 0.3) is 0 Å². The minimum absolute atomic E-state index is 0.687. The molecule has 2 aromatic carbocycles. The molecule has 0 aliphatic carbocycles. The number of aromatic nitrogens is 4. The Labute approximate surface area is 283 Å². The van der Waals surface area contributed by atoms with E-state index in [2.05, 4.69) is 137 Å². The highest BCUT2D eigenvalue weighted by Gasteiger charge is 2.13. The van der Waals surface area contributed by atoms with Crippen LogP contribution < -0.4 is 30.9 Å². The Bertz CT molecular complexity index is 2030. The van der Waals surface area contributed by atoms with Crippen molar-refractivity contribution in [2.45, 2.75) is 12.8 Å². The number of alkyl halides is 2. The van der Waals surface area contributed by atoms with E-state index in [-0.39, 0.29) is 0 Å². The van der Waals surface area contributed by atoms with Crippen LogP contribution in [0.4, 0.5) is 0 Å². The molecule has 0 saturated carbocycles. The third-order valence-corrected chi connectivity index (χ3v) is 9.03. The second-order valence-corrected chi connectivity index (χ2v) is 12.8. The Morgan fingerprint density at radius 1 is 0.457 bits per heavy atom. The predicted molar refractivity (Wildman–Crippen MR) is 193 cm³/mol. The first-order chi connectivity index (χ1) is 22.7. The normalized spacial score (nSPS) is 12.5. The first-order valence-electron chi connectivity index (χ1n) is 15.5. The highest BCUT2D eigenvalue weighted by atomic mass is 79.9. The van der Waals surface area contributed by atoms with Crippen LogP contribution in [0, 0.1) is 0 Å². The van der Waals surface area contributed by atoms with Crippen molar-refractivity contribution in [3.8, 4) is 11.5 Å². The van der Waals surface area contributed by atoms with Crippen molar-refractivity contribution >= 4 is 55.2 Å². The van der Waals surface area contributed by atoms with Crippen molar-refractivity contribution < 1.29 is 9.47 Å². The number of rotatable bonds is 10. The second kappa shape index (κ2) is 13.9. The molecule has 8 heteroatoms. The summed E-state index contributed by atoms with van der Waals surface area (Å²) in [5, 5.41) is 5.93. The Hall–Kier alpha value is -4.40.